The van der Waals surface area contributed by atoms with Crippen molar-refractivity contribution in [2.24, 2.45) is 0 Å². The van der Waals surface area contributed by atoms with Gasteiger partial charge < -0.3 is 9.13 Å². The topological polar surface area (TPSA) is 48.5 Å². The summed E-state index contributed by atoms with van der Waals surface area (Å²) in [6.07, 6.45) is 0. The molecule has 0 aliphatic carbocycles. The Kier molecular flexibility index (Phi) is 8.01. The molecule has 5 nitrogen and oxygen atoms in total. The van der Waals surface area contributed by atoms with Crippen LogP contribution in [0.3, 0.4) is 0 Å². The Labute approximate surface area is 366 Å². The number of para-hydroxylation sites is 3. The van der Waals surface area contributed by atoms with Crippen molar-refractivity contribution < 1.29 is 0 Å². The fraction of sp³-hybridized carbons (Fsp3) is 0. The van der Waals surface area contributed by atoms with Crippen LogP contribution in [0.5, 0.6) is 0 Å². The molecule has 0 bridgehead atoms. The van der Waals surface area contributed by atoms with Crippen molar-refractivity contribution >= 4 is 75.1 Å². The van der Waals surface area contributed by atoms with Gasteiger partial charge in [-0.15, -0.1) is 11.3 Å². The fourth-order valence-electron chi connectivity index (χ4n) is 9.53. The predicted octanol–water partition coefficient (Wildman–Crippen LogP) is 15.1. The number of benzene rings is 9. The van der Waals surface area contributed by atoms with Crippen molar-refractivity contribution in [2.45, 2.75) is 0 Å². The summed E-state index contributed by atoms with van der Waals surface area (Å²) in [5.74, 6) is 1.90. The minimum Gasteiger partial charge on any atom is -0.309 e. The number of thiophene rings is 1. The van der Waals surface area contributed by atoms with Crippen LogP contribution in [-0.4, -0.2) is 24.1 Å². The number of fused-ring (bicyclic) bond motifs is 9. The van der Waals surface area contributed by atoms with Gasteiger partial charge in [0, 0.05) is 69.8 Å². The van der Waals surface area contributed by atoms with Crippen LogP contribution >= 0.6 is 11.3 Å². The second kappa shape index (κ2) is 14.2. The Morgan fingerprint density at radius 1 is 0.302 bits per heavy atom. The SMILES string of the molecule is c1ccc(-c2ccc3c(c2)c2ccccc2n3-c2ccc3sc4cccc(-c5nc(-c6ccccc6)nc(-c6cccc(-n7c8ccccc8c8ccccc87)c6)n5)c4c3c2)cc1. The van der Waals surface area contributed by atoms with E-state index in [1.807, 2.05) is 18.2 Å². The van der Waals surface area contributed by atoms with Crippen molar-refractivity contribution in [3.05, 3.63) is 212 Å². The summed E-state index contributed by atoms with van der Waals surface area (Å²) in [5, 5.41) is 7.22. The molecule has 0 aliphatic rings. The van der Waals surface area contributed by atoms with Gasteiger partial charge in [-0.2, -0.15) is 0 Å². The summed E-state index contributed by atoms with van der Waals surface area (Å²) >= 11 is 1.80. The van der Waals surface area contributed by atoms with Crippen molar-refractivity contribution in [1.29, 1.82) is 0 Å². The molecule has 9 aromatic carbocycles. The molecule has 0 saturated heterocycles. The summed E-state index contributed by atoms with van der Waals surface area (Å²) in [5.41, 5.74) is 12.1. The highest BCUT2D eigenvalue weighted by molar-refractivity contribution is 7.26. The standard InChI is InChI=1S/C57H35N5S/c1-3-15-36(16-4-1)38-29-31-51-46(34-38)44-23-9-12-27-50(44)62(51)41-30-32-52-47(35-41)54-45(24-14-28-53(54)63-52)57-59-55(37-17-5-2-6-18-37)58-56(60-57)39-19-13-20-40(33-39)61-48-25-10-7-21-42(48)43-22-8-11-26-49(43)61/h1-35H. The van der Waals surface area contributed by atoms with Gasteiger partial charge in [-0.1, -0.05) is 146 Å². The van der Waals surface area contributed by atoms with Crippen molar-refractivity contribution in [3.8, 4) is 56.7 Å². The van der Waals surface area contributed by atoms with Crippen LogP contribution in [0.25, 0.3) is 120 Å². The van der Waals surface area contributed by atoms with Crippen LogP contribution < -0.4 is 0 Å². The lowest BCUT2D eigenvalue weighted by atomic mass is 10.0. The number of hydrogen-bond acceptors (Lipinski definition) is 4. The second-order valence-electron chi connectivity index (χ2n) is 16.0. The van der Waals surface area contributed by atoms with Gasteiger partial charge in [0.05, 0.1) is 22.1 Å². The first kappa shape index (κ1) is 35.6. The zero-order chi connectivity index (χ0) is 41.4. The van der Waals surface area contributed by atoms with Crippen LogP contribution in [0.4, 0.5) is 0 Å². The van der Waals surface area contributed by atoms with Gasteiger partial charge in [0.2, 0.25) is 0 Å². The maximum absolute atomic E-state index is 5.34. The maximum Gasteiger partial charge on any atom is 0.164 e. The van der Waals surface area contributed by atoms with E-state index in [1.165, 1.54) is 58.5 Å². The smallest absolute Gasteiger partial charge is 0.164 e. The molecular weight excluding hydrogens is 787 g/mol. The predicted molar refractivity (Wildman–Crippen MR) is 263 cm³/mol. The number of hydrogen-bond donors (Lipinski definition) is 0. The average molecular weight is 822 g/mol. The monoisotopic (exact) mass is 821 g/mol. The Morgan fingerprint density at radius 2 is 0.841 bits per heavy atom. The minimum absolute atomic E-state index is 0.624. The minimum atomic E-state index is 0.624. The van der Waals surface area contributed by atoms with E-state index >= 15 is 0 Å². The molecule has 294 valence electrons. The summed E-state index contributed by atoms with van der Waals surface area (Å²) in [7, 11) is 0. The van der Waals surface area contributed by atoms with E-state index in [9.17, 15) is 0 Å². The molecule has 13 rings (SSSR count). The number of rotatable bonds is 6. The highest BCUT2D eigenvalue weighted by atomic mass is 32.1. The van der Waals surface area contributed by atoms with E-state index in [4.69, 9.17) is 15.0 Å². The maximum atomic E-state index is 5.34. The van der Waals surface area contributed by atoms with E-state index in [2.05, 4.69) is 203 Å². The van der Waals surface area contributed by atoms with Crippen molar-refractivity contribution in [2.75, 3.05) is 0 Å². The molecule has 0 radical (unpaired) electrons. The quantitative estimate of drug-likeness (QED) is 0.168. The molecular formula is C57H35N5S. The van der Waals surface area contributed by atoms with Crippen LogP contribution in [0.2, 0.25) is 0 Å². The van der Waals surface area contributed by atoms with Gasteiger partial charge in [0.15, 0.2) is 17.5 Å². The van der Waals surface area contributed by atoms with Crippen LogP contribution in [0.1, 0.15) is 0 Å². The van der Waals surface area contributed by atoms with E-state index in [0.717, 1.165) is 44.5 Å². The third kappa shape index (κ3) is 5.73. The Bertz CT molecular complexity index is 3860. The molecule has 0 N–H and O–H groups in total. The number of aromatic nitrogens is 5. The first-order chi connectivity index (χ1) is 31.2. The molecule has 0 fully saturated rings. The van der Waals surface area contributed by atoms with E-state index < -0.39 is 0 Å². The highest BCUT2D eigenvalue weighted by Crippen LogP contribution is 2.43. The van der Waals surface area contributed by atoms with Gasteiger partial charge in [-0.05, 0) is 77.9 Å². The second-order valence-corrected chi connectivity index (χ2v) is 17.1. The summed E-state index contributed by atoms with van der Waals surface area (Å²) in [4.78, 5) is 15.8. The van der Waals surface area contributed by atoms with Gasteiger partial charge in [-0.3, -0.25) is 0 Å². The van der Waals surface area contributed by atoms with Gasteiger partial charge in [0.1, 0.15) is 0 Å². The zero-order valence-corrected chi connectivity index (χ0v) is 34.7. The average Bonchev–Trinajstić information content (AvgIpc) is 4.02. The summed E-state index contributed by atoms with van der Waals surface area (Å²) < 4.78 is 7.14. The molecule has 0 atom stereocenters. The van der Waals surface area contributed by atoms with Crippen LogP contribution in [0, 0.1) is 0 Å². The summed E-state index contributed by atoms with van der Waals surface area (Å²) in [6, 6.07) is 75.6. The zero-order valence-electron chi connectivity index (χ0n) is 33.9. The molecule has 6 heteroatoms. The Balaban J connectivity index is 0.999. The molecule has 0 spiro atoms. The normalized spacial score (nSPS) is 11.8. The lowest BCUT2D eigenvalue weighted by Gasteiger charge is -2.12. The molecule has 0 saturated carbocycles. The van der Waals surface area contributed by atoms with Gasteiger partial charge in [0.25, 0.3) is 0 Å². The lowest BCUT2D eigenvalue weighted by Crippen LogP contribution is -2.01. The molecule has 0 unspecified atom stereocenters. The fourth-order valence-corrected chi connectivity index (χ4v) is 10.6. The first-order valence-electron chi connectivity index (χ1n) is 21.2. The molecule has 63 heavy (non-hydrogen) atoms. The van der Waals surface area contributed by atoms with E-state index in [1.54, 1.807) is 11.3 Å². The Hall–Kier alpha value is -8.19. The van der Waals surface area contributed by atoms with E-state index in [-0.39, 0.29) is 0 Å². The summed E-state index contributed by atoms with van der Waals surface area (Å²) in [6.45, 7) is 0. The van der Waals surface area contributed by atoms with Crippen molar-refractivity contribution in [1.82, 2.24) is 24.1 Å². The molecule has 4 heterocycles. The first-order valence-corrected chi connectivity index (χ1v) is 22.0. The van der Waals surface area contributed by atoms with Crippen LogP contribution in [-0.2, 0) is 0 Å². The number of nitrogens with zero attached hydrogens (tertiary/aromatic N) is 5. The van der Waals surface area contributed by atoms with Crippen molar-refractivity contribution in [3.63, 3.8) is 0 Å². The lowest BCUT2D eigenvalue weighted by molar-refractivity contribution is 1.07. The third-order valence-electron chi connectivity index (χ3n) is 12.4. The highest BCUT2D eigenvalue weighted by Gasteiger charge is 2.20. The van der Waals surface area contributed by atoms with Gasteiger partial charge in [-0.25, -0.2) is 15.0 Å². The Morgan fingerprint density at radius 3 is 1.54 bits per heavy atom. The molecule has 4 aromatic heterocycles. The molecule has 0 amide bonds. The largest absolute Gasteiger partial charge is 0.309 e. The van der Waals surface area contributed by atoms with Gasteiger partial charge >= 0.3 is 0 Å². The third-order valence-corrected chi connectivity index (χ3v) is 13.5. The molecule has 13 aromatic rings. The van der Waals surface area contributed by atoms with Crippen LogP contribution in [0.15, 0.2) is 212 Å². The van der Waals surface area contributed by atoms with E-state index in [0.29, 0.717) is 17.5 Å². The molecule has 0 aliphatic heterocycles.